The molecule has 2 fully saturated rings. The lowest BCUT2D eigenvalue weighted by molar-refractivity contribution is 0.116. The van der Waals surface area contributed by atoms with E-state index in [1.807, 2.05) is 12.1 Å². The Kier molecular flexibility index (Phi) is 4.45. The van der Waals surface area contributed by atoms with Crippen LogP contribution in [0.3, 0.4) is 0 Å². The quantitative estimate of drug-likeness (QED) is 0.881. The monoisotopic (exact) mass is 344 g/mol. The number of nitrogens with one attached hydrogen (secondary N) is 1. The summed E-state index contributed by atoms with van der Waals surface area (Å²) in [5.74, 6) is 3.86. The second-order valence-electron chi connectivity index (χ2n) is 6.71. The highest BCUT2D eigenvalue weighted by Gasteiger charge is 2.39. The Labute approximate surface area is 146 Å². The van der Waals surface area contributed by atoms with Crippen molar-refractivity contribution in [3.8, 4) is 0 Å². The van der Waals surface area contributed by atoms with Crippen LogP contribution in [0.5, 0.6) is 0 Å². The third-order valence-corrected chi connectivity index (χ3v) is 6.26. The molecule has 1 saturated carbocycles. The molecule has 24 heavy (non-hydrogen) atoms. The van der Waals surface area contributed by atoms with Gasteiger partial charge in [-0.05, 0) is 25.0 Å². The number of nitrogens with two attached hydrogens (primary N) is 1. The molecule has 3 heterocycles. The van der Waals surface area contributed by atoms with Crippen molar-refractivity contribution in [2.45, 2.75) is 31.2 Å². The first-order valence-corrected chi connectivity index (χ1v) is 9.86. The predicted molar refractivity (Wildman–Crippen MR) is 100 cm³/mol. The van der Waals surface area contributed by atoms with E-state index in [1.54, 1.807) is 6.33 Å². The Morgan fingerprint density at radius 2 is 1.96 bits per heavy atom. The predicted octanol–water partition coefficient (Wildman–Crippen LogP) is 2.38. The van der Waals surface area contributed by atoms with Crippen LogP contribution in [0.2, 0.25) is 0 Å². The molecule has 4 rings (SSSR count). The highest BCUT2D eigenvalue weighted by atomic mass is 32.2. The molecule has 2 aromatic rings. The lowest BCUT2D eigenvalue weighted by Crippen LogP contribution is -2.54. The molecule has 1 saturated heterocycles. The van der Waals surface area contributed by atoms with Gasteiger partial charge in [-0.15, -0.1) is 0 Å². The third-order valence-electron chi connectivity index (χ3n) is 5.32. The fourth-order valence-electron chi connectivity index (χ4n) is 4.02. The van der Waals surface area contributed by atoms with Crippen LogP contribution < -0.4 is 11.1 Å². The van der Waals surface area contributed by atoms with E-state index in [9.17, 15) is 0 Å². The van der Waals surface area contributed by atoms with Gasteiger partial charge in [0, 0.05) is 36.7 Å². The summed E-state index contributed by atoms with van der Waals surface area (Å²) in [6, 6.07) is 3.77. The molecule has 0 bridgehead atoms. The zero-order valence-corrected chi connectivity index (χ0v) is 14.7. The molecule has 1 aliphatic heterocycles. The van der Waals surface area contributed by atoms with Crippen molar-refractivity contribution in [1.82, 2.24) is 19.9 Å². The van der Waals surface area contributed by atoms with Gasteiger partial charge in [-0.3, -0.25) is 4.90 Å². The molecule has 2 aliphatic rings. The van der Waals surface area contributed by atoms with Crippen LogP contribution in [0.25, 0.3) is 11.0 Å². The molecule has 0 amide bonds. The summed E-state index contributed by atoms with van der Waals surface area (Å²) >= 11 is 2.07. The van der Waals surface area contributed by atoms with E-state index in [1.165, 1.54) is 50.3 Å². The Morgan fingerprint density at radius 1 is 1.17 bits per heavy atom. The Bertz CT molecular complexity index is 709. The standard InChI is InChI=1S/C17H24N6S/c18-14-4-3-13-15(20-12-21-16(13)22-14)19-11-17(5-1-2-6-17)23-7-9-24-10-8-23/h3-4,12H,1-2,5-11H2,(H3,18,19,20,21,22). The first-order valence-electron chi connectivity index (χ1n) is 8.71. The maximum atomic E-state index is 5.77. The van der Waals surface area contributed by atoms with Crippen molar-refractivity contribution in [2.24, 2.45) is 0 Å². The number of anilines is 2. The van der Waals surface area contributed by atoms with Crippen molar-refractivity contribution in [3.05, 3.63) is 18.5 Å². The molecule has 0 radical (unpaired) electrons. The second kappa shape index (κ2) is 6.72. The topological polar surface area (TPSA) is 80.0 Å². The third kappa shape index (κ3) is 3.02. The normalized spacial score (nSPS) is 21.2. The van der Waals surface area contributed by atoms with Gasteiger partial charge in [-0.2, -0.15) is 11.8 Å². The van der Waals surface area contributed by atoms with Crippen molar-refractivity contribution >= 4 is 34.4 Å². The molecule has 128 valence electrons. The average molecular weight is 344 g/mol. The maximum Gasteiger partial charge on any atom is 0.166 e. The zero-order chi connectivity index (χ0) is 16.4. The van der Waals surface area contributed by atoms with Gasteiger partial charge < -0.3 is 11.1 Å². The average Bonchev–Trinajstić information content (AvgIpc) is 3.10. The first-order chi connectivity index (χ1) is 11.8. The lowest BCUT2D eigenvalue weighted by atomic mass is 9.94. The van der Waals surface area contributed by atoms with Gasteiger partial charge in [-0.25, -0.2) is 15.0 Å². The van der Waals surface area contributed by atoms with Gasteiger partial charge in [0.2, 0.25) is 0 Å². The van der Waals surface area contributed by atoms with Crippen LogP contribution in [0.4, 0.5) is 11.6 Å². The maximum absolute atomic E-state index is 5.77. The number of nitrogens with zero attached hydrogens (tertiary/aromatic N) is 4. The van der Waals surface area contributed by atoms with Crippen molar-refractivity contribution in [1.29, 1.82) is 0 Å². The summed E-state index contributed by atoms with van der Waals surface area (Å²) in [5, 5.41) is 4.55. The van der Waals surface area contributed by atoms with E-state index in [-0.39, 0.29) is 5.54 Å². The fraction of sp³-hybridized carbons (Fsp3) is 0.588. The summed E-state index contributed by atoms with van der Waals surface area (Å²) in [6.07, 6.45) is 6.77. The summed E-state index contributed by atoms with van der Waals surface area (Å²) in [7, 11) is 0. The number of aromatic nitrogens is 3. The molecule has 0 unspecified atom stereocenters. The van der Waals surface area contributed by atoms with Gasteiger partial charge in [-0.1, -0.05) is 12.8 Å². The molecule has 0 aromatic carbocycles. The molecule has 3 N–H and O–H groups in total. The number of hydrogen-bond donors (Lipinski definition) is 2. The van der Waals surface area contributed by atoms with E-state index in [4.69, 9.17) is 5.73 Å². The summed E-state index contributed by atoms with van der Waals surface area (Å²) in [4.78, 5) is 15.7. The minimum Gasteiger partial charge on any atom is -0.384 e. The van der Waals surface area contributed by atoms with Crippen LogP contribution in [-0.4, -0.2) is 56.5 Å². The molecule has 6 nitrogen and oxygen atoms in total. The SMILES string of the molecule is Nc1ccc2c(NCC3(N4CCSCC4)CCCC3)ncnc2n1. The number of hydrogen-bond acceptors (Lipinski definition) is 7. The van der Waals surface area contributed by atoms with E-state index in [2.05, 4.69) is 36.9 Å². The van der Waals surface area contributed by atoms with Crippen LogP contribution in [0.1, 0.15) is 25.7 Å². The number of nitrogen functional groups attached to an aromatic ring is 1. The number of pyridine rings is 1. The van der Waals surface area contributed by atoms with E-state index in [0.717, 1.165) is 17.7 Å². The molecule has 7 heteroatoms. The summed E-state index contributed by atoms with van der Waals surface area (Å²) < 4.78 is 0. The van der Waals surface area contributed by atoms with Crippen LogP contribution in [0, 0.1) is 0 Å². The van der Waals surface area contributed by atoms with E-state index >= 15 is 0 Å². The van der Waals surface area contributed by atoms with Crippen LogP contribution in [0.15, 0.2) is 18.5 Å². The van der Waals surface area contributed by atoms with Gasteiger partial charge in [0.05, 0.1) is 5.39 Å². The first kappa shape index (κ1) is 15.9. The molecular formula is C17H24N6S. The molecule has 0 atom stereocenters. The largest absolute Gasteiger partial charge is 0.384 e. The Hall–Kier alpha value is -1.60. The lowest BCUT2D eigenvalue weighted by Gasteiger charge is -2.43. The van der Waals surface area contributed by atoms with Crippen molar-refractivity contribution < 1.29 is 0 Å². The van der Waals surface area contributed by atoms with Crippen LogP contribution >= 0.6 is 11.8 Å². The molecule has 1 aliphatic carbocycles. The van der Waals surface area contributed by atoms with Gasteiger partial charge in [0.15, 0.2) is 5.65 Å². The minimum atomic E-state index is 0.277. The number of fused-ring (bicyclic) bond motifs is 1. The number of thioether (sulfide) groups is 1. The number of rotatable bonds is 4. The van der Waals surface area contributed by atoms with Crippen molar-refractivity contribution in [2.75, 3.05) is 42.2 Å². The fourth-order valence-corrected chi connectivity index (χ4v) is 4.92. The zero-order valence-electron chi connectivity index (χ0n) is 13.9. The van der Waals surface area contributed by atoms with Gasteiger partial charge >= 0.3 is 0 Å². The van der Waals surface area contributed by atoms with Crippen molar-refractivity contribution in [3.63, 3.8) is 0 Å². The van der Waals surface area contributed by atoms with E-state index in [0.29, 0.717) is 11.5 Å². The summed E-state index contributed by atoms with van der Waals surface area (Å²) in [6.45, 7) is 3.35. The second-order valence-corrected chi connectivity index (χ2v) is 7.94. The van der Waals surface area contributed by atoms with E-state index < -0.39 is 0 Å². The molecule has 2 aromatic heterocycles. The van der Waals surface area contributed by atoms with Gasteiger partial charge in [0.1, 0.15) is 18.0 Å². The Balaban J connectivity index is 1.56. The minimum absolute atomic E-state index is 0.277. The smallest absolute Gasteiger partial charge is 0.166 e. The highest BCUT2D eigenvalue weighted by Crippen LogP contribution is 2.37. The summed E-state index contributed by atoms with van der Waals surface area (Å²) in [5.41, 5.74) is 6.70. The molecule has 0 spiro atoms. The highest BCUT2D eigenvalue weighted by molar-refractivity contribution is 7.99. The van der Waals surface area contributed by atoms with Crippen LogP contribution in [-0.2, 0) is 0 Å². The Morgan fingerprint density at radius 3 is 2.75 bits per heavy atom. The van der Waals surface area contributed by atoms with Gasteiger partial charge in [0.25, 0.3) is 0 Å². The molecular weight excluding hydrogens is 320 g/mol.